The summed E-state index contributed by atoms with van der Waals surface area (Å²) in [6, 6.07) is 0. The van der Waals surface area contributed by atoms with Gasteiger partial charge in [-0.15, -0.1) is 0 Å². The van der Waals surface area contributed by atoms with Crippen molar-refractivity contribution in [2.45, 2.75) is 50.2 Å². The zero-order valence-corrected chi connectivity index (χ0v) is 11.4. The van der Waals surface area contributed by atoms with Crippen LogP contribution in [-0.2, 0) is 10.1 Å². The van der Waals surface area contributed by atoms with Crippen molar-refractivity contribution in [3.8, 4) is 0 Å². The summed E-state index contributed by atoms with van der Waals surface area (Å²) in [7, 11) is -5.29. The normalized spacial score (nSPS) is 51.2. The summed E-state index contributed by atoms with van der Waals surface area (Å²) in [5.74, 6) is 1.71. The van der Waals surface area contributed by atoms with Crippen LogP contribution in [-0.4, -0.2) is 18.2 Å². The van der Waals surface area contributed by atoms with Gasteiger partial charge in [-0.3, -0.25) is 4.55 Å². The highest BCUT2D eigenvalue weighted by Gasteiger charge is 2.76. The van der Waals surface area contributed by atoms with E-state index in [9.17, 15) is 17.2 Å². The molecule has 0 amide bonds. The van der Waals surface area contributed by atoms with Gasteiger partial charge in [0.15, 0.2) is 0 Å². The molecule has 3 bridgehead atoms. The molecule has 5 unspecified atom stereocenters. The van der Waals surface area contributed by atoms with Crippen LogP contribution in [0.25, 0.3) is 0 Å². The third-order valence-electron chi connectivity index (χ3n) is 6.67. The number of halogens is 2. The molecule has 0 radical (unpaired) electrons. The second-order valence-corrected chi connectivity index (χ2v) is 8.99. The van der Waals surface area contributed by atoms with Crippen molar-refractivity contribution in [2.75, 3.05) is 0 Å². The van der Waals surface area contributed by atoms with E-state index in [1.165, 1.54) is 0 Å². The van der Waals surface area contributed by atoms with Crippen molar-refractivity contribution in [3.05, 3.63) is 0 Å². The van der Waals surface area contributed by atoms with E-state index in [1.807, 2.05) is 0 Å². The Morgan fingerprint density at radius 1 is 1.11 bits per heavy atom. The van der Waals surface area contributed by atoms with Crippen molar-refractivity contribution in [3.63, 3.8) is 0 Å². The van der Waals surface area contributed by atoms with Gasteiger partial charge < -0.3 is 0 Å². The molecule has 0 aliphatic heterocycles. The average molecular weight is 292 g/mol. The molecule has 0 aromatic heterocycles. The van der Waals surface area contributed by atoms with Crippen molar-refractivity contribution in [2.24, 2.45) is 28.6 Å². The maximum absolute atomic E-state index is 13.8. The van der Waals surface area contributed by atoms with Crippen LogP contribution in [0.1, 0.15) is 44.9 Å². The third-order valence-corrected chi connectivity index (χ3v) is 7.57. The van der Waals surface area contributed by atoms with Gasteiger partial charge in [-0.1, -0.05) is 0 Å². The van der Waals surface area contributed by atoms with Crippen LogP contribution in [0.2, 0.25) is 0 Å². The minimum atomic E-state index is -5.29. The average Bonchev–Trinajstić information content (AvgIpc) is 2.53. The zero-order valence-electron chi connectivity index (χ0n) is 10.6. The summed E-state index contributed by atoms with van der Waals surface area (Å²) in [5.41, 5.74) is -0.540. The number of hydrogen-bond acceptors (Lipinski definition) is 2. The summed E-state index contributed by atoms with van der Waals surface area (Å²) < 4.78 is 58.2. The molecule has 4 fully saturated rings. The molecule has 6 heteroatoms. The monoisotopic (exact) mass is 292 g/mol. The highest BCUT2D eigenvalue weighted by atomic mass is 32.2. The first-order chi connectivity index (χ1) is 8.68. The lowest BCUT2D eigenvalue weighted by atomic mass is 9.45. The highest BCUT2D eigenvalue weighted by Crippen LogP contribution is 2.82. The molecule has 4 saturated carbocycles. The van der Waals surface area contributed by atoms with Crippen LogP contribution in [0, 0.1) is 28.6 Å². The van der Waals surface area contributed by atoms with Gasteiger partial charge in [0.25, 0.3) is 0 Å². The first-order valence-corrected chi connectivity index (χ1v) is 8.46. The quantitative estimate of drug-likeness (QED) is 0.813. The van der Waals surface area contributed by atoms with Gasteiger partial charge in [0.1, 0.15) is 0 Å². The molecular weight excluding hydrogens is 274 g/mol. The van der Waals surface area contributed by atoms with E-state index in [4.69, 9.17) is 4.55 Å². The Balaban J connectivity index is 1.70. The molecule has 4 aliphatic carbocycles. The Kier molecular flexibility index (Phi) is 2.08. The zero-order chi connectivity index (χ0) is 13.7. The highest BCUT2D eigenvalue weighted by molar-refractivity contribution is 7.86. The number of hydrogen-bond donors (Lipinski definition) is 1. The number of alkyl halides is 2. The van der Waals surface area contributed by atoms with E-state index in [0.717, 1.165) is 38.5 Å². The lowest BCUT2D eigenvalue weighted by molar-refractivity contribution is -0.139. The molecule has 3 nitrogen and oxygen atoms in total. The number of rotatable bonds is 3. The summed E-state index contributed by atoms with van der Waals surface area (Å²) in [6.07, 6.45) is 5.12. The van der Waals surface area contributed by atoms with E-state index >= 15 is 0 Å². The minimum absolute atomic E-state index is 0.0191. The maximum Gasteiger partial charge on any atom is 0.370 e. The lowest BCUT2D eigenvalue weighted by Crippen LogP contribution is -2.55. The predicted octanol–water partition coefficient (Wildman–Crippen LogP) is 3.07. The standard InChI is InChI=1S/C13H18F2O3S/c14-13(15,19(16,17)18)7-11-3-9-1-8-2-10(6-11)12(11,4-8)5-9/h8-10H,1-7H2,(H,16,17,18). The molecule has 0 aromatic rings. The molecule has 0 saturated heterocycles. The topological polar surface area (TPSA) is 54.4 Å². The molecule has 108 valence electrons. The van der Waals surface area contributed by atoms with E-state index in [-0.39, 0.29) is 5.41 Å². The first-order valence-electron chi connectivity index (χ1n) is 7.02. The Morgan fingerprint density at radius 3 is 2.47 bits per heavy atom. The van der Waals surface area contributed by atoms with Gasteiger partial charge in [-0.25, -0.2) is 0 Å². The molecule has 0 heterocycles. The van der Waals surface area contributed by atoms with Gasteiger partial charge in [0.2, 0.25) is 0 Å². The summed E-state index contributed by atoms with van der Waals surface area (Å²) >= 11 is 0. The Labute approximate surface area is 111 Å². The fourth-order valence-electron chi connectivity index (χ4n) is 6.38. The van der Waals surface area contributed by atoms with Crippen LogP contribution in [0.5, 0.6) is 0 Å². The predicted molar refractivity (Wildman–Crippen MR) is 64.2 cm³/mol. The van der Waals surface area contributed by atoms with Crippen LogP contribution in [0.15, 0.2) is 0 Å². The molecule has 0 aromatic carbocycles. The van der Waals surface area contributed by atoms with Crippen molar-refractivity contribution in [1.29, 1.82) is 0 Å². The Morgan fingerprint density at radius 2 is 1.79 bits per heavy atom. The van der Waals surface area contributed by atoms with Gasteiger partial charge in [-0.2, -0.15) is 17.2 Å². The van der Waals surface area contributed by atoms with Crippen LogP contribution in [0.3, 0.4) is 0 Å². The van der Waals surface area contributed by atoms with E-state index in [0.29, 0.717) is 17.8 Å². The number of fused-ring (bicyclic) bond motifs is 2. The SMILES string of the molecule is O=S(=O)(O)C(F)(F)CC12CC3CC4CC(C1)C2(C4)C3. The van der Waals surface area contributed by atoms with Gasteiger partial charge >= 0.3 is 15.4 Å². The summed E-state index contributed by atoms with van der Waals surface area (Å²) in [4.78, 5) is 0. The van der Waals surface area contributed by atoms with E-state index < -0.39 is 27.2 Å². The molecular formula is C13H18F2O3S. The molecule has 19 heavy (non-hydrogen) atoms. The smallest absolute Gasteiger partial charge is 0.281 e. The third kappa shape index (κ3) is 1.32. The van der Waals surface area contributed by atoms with Crippen LogP contribution >= 0.6 is 0 Å². The summed E-state index contributed by atoms with van der Waals surface area (Å²) in [6.45, 7) is 0. The lowest BCUT2D eigenvalue weighted by Gasteiger charge is -2.59. The Hall–Kier alpha value is -0.230. The first kappa shape index (κ1) is 12.5. The fourth-order valence-corrected chi connectivity index (χ4v) is 6.84. The second-order valence-electron chi connectivity index (χ2n) is 7.44. The molecule has 5 atom stereocenters. The van der Waals surface area contributed by atoms with Crippen LogP contribution in [0.4, 0.5) is 8.78 Å². The summed E-state index contributed by atoms with van der Waals surface area (Å²) in [5, 5.41) is -3.98. The molecule has 4 aliphatic rings. The minimum Gasteiger partial charge on any atom is -0.281 e. The molecule has 4 rings (SSSR count). The van der Waals surface area contributed by atoms with Gasteiger partial charge in [0, 0.05) is 6.42 Å². The van der Waals surface area contributed by atoms with Crippen molar-refractivity contribution < 1.29 is 21.8 Å². The van der Waals surface area contributed by atoms with Gasteiger partial charge in [-0.05, 0) is 67.1 Å². The molecule has 1 N–H and O–H groups in total. The van der Waals surface area contributed by atoms with E-state index in [1.54, 1.807) is 0 Å². The Bertz CT molecular complexity index is 540. The maximum atomic E-state index is 13.8. The van der Waals surface area contributed by atoms with Gasteiger partial charge in [0.05, 0.1) is 0 Å². The van der Waals surface area contributed by atoms with E-state index in [2.05, 4.69) is 0 Å². The largest absolute Gasteiger partial charge is 0.370 e. The van der Waals surface area contributed by atoms with Crippen molar-refractivity contribution in [1.82, 2.24) is 0 Å². The second kappa shape index (κ2) is 3.16. The van der Waals surface area contributed by atoms with Crippen LogP contribution < -0.4 is 0 Å². The molecule has 1 spiro atoms. The van der Waals surface area contributed by atoms with Crippen molar-refractivity contribution >= 4 is 10.1 Å². The fraction of sp³-hybridized carbons (Fsp3) is 1.00.